The Labute approximate surface area is 94.7 Å². The van der Waals surface area contributed by atoms with Crippen LogP contribution in [0.1, 0.15) is 0 Å². The zero-order valence-corrected chi connectivity index (χ0v) is 10.9. The smallest absolute Gasteiger partial charge is 0.379 e. The summed E-state index contributed by atoms with van der Waals surface area (Å²) < 4.78 is 26.6. The van der Waals surface area contributed by atoms with Gasteiger partial charge in [0, 0.05) is 39.6 Å². The molecule has 0 unspecified atom stereocenters. The highest BCUT2D eigenvalue weighted by atomic mass is 32.7. The molecule has 1 aliphatic heterocycles. The van der Waals surface area contributed by atoms with Gasteiger partial charge in [0.15, 0.2) is 0 Å². The van der Waals surface area contributed by atoms with Crippen molar-refractivity contribution in [3.8, 4) is 0 Å². The van der Waals surface area contributed by atoms with Gasteiger partial charge in [-0.15, -0.1) is 0 Å². The van der Waals surface area contributed by atoms with E-state index in [9.17, 15) is 4.57 Å². The minimum absolute atomic E-state index is 0.749. The van der Waals surface area contributed by atoms with Gasteiger partial charge in [-0.05, 0) is 11.4 Å². The van der Waals surface area contributed by atoms with Crippen molar-refractivity contribution in [3.05, 3.63) is 0 Å². The van der Waals surface area contributed by atoms with Gasteiger partial charge in [0.25, 0.3) is 0 Å². The van der Waals surface area contributed by atoms with Crippen LogP contribution in [0.3, 0.4) is 0 Å². The third kappa shape index (κ3) is 4.85. The van der Waals surface area contributed by atoms with Gasteiger partial charge >= 0.3 is 6.80 Å². The highest BCUT2D eigenvalue weighted by Crippen LogP contribution is 2.59. The fourth-order valence-electron chi connectivity index (χ4n) is 1.29. The molecule has 0 radical (unpaired) electrons. The molecule has 1 rings (SSSR count). The maximum absolute atomic E-state index is 11.7. The summed E-state index contributed by atoms with van der Waals surface area (Å²) in [6, 6.07) is 0. The molecular weight excluding hydrogens is 237 g/mol. The summed E-state index contributed by atoms with van der Waals surface area (Å²) in [6.07, 6.45) is 0. The molecule has 0 saturated carbocycles. The number of ether oxygens (including phenoxy) is 1. The average molecular weight is 255 g/mol. The van der Waals surface area contributed by atoms with Crippen molar-refractivity contribution in [3.63, 3.8) is 0 Å². The molecule has 0 aromatic carbocycles. The van der Waals surface area contributed by atoms with E-state index in [4.69, 9.17) is 13.8 Å². The van der Waals surface area contributed by atoms with E-state index in [1.165, 1.54) is 25.6 Å². The SMILES string of the molecule is COP(=O)(OC)SCCN1CCOCC1. The monoisotopic (exact) mass is 255 g/mol. The Morgan fingerprint density at radius 2 is 1.93 bits per heavy atom. The first-order chi connectivity index (χ1) is 7.20. The highest BCUT2D eigenvalue weighted by molar-refractivity contribution is 8.55. The van der Waals surface area contributed by atoms with Gasteiger partial charge in [0.2, 0.25) is 0 Å². The average Bonchev–Trinajstić information content (AvgIpc) is 2.30. The molecule has 1 aliphatic rings. The summed E-state index contributed by atoms with van der Waals surface area (Å²) in [6.45, 7) is 1.48. The molecule has 90 valence electrons. The van der Waals surface area contributed by atoms with Crippen molar-refractivity contribution in [1.29, 1.82) is 0 Å². The molecule has 0 spiro atoms. The predicted octanol–water partition coefficient (Wildman–Crippen LogP) is 1.45. The summed E-state index contributed by atoms with van der Waals surface area (Å²) >= 11 is 1.25. The molecule has 5 nitrogen and oxygen atoms in total. The third-order valence-corrected chi connectivity index (χ3v) is 6.17. The number of rotatable bonds is 6. The van der Waals surface area contributed by atoms with Gasteiger partial charge in [-0.1, -0.05) is 0 Å². The number of hydrogen-bond donors (Lipinski definition) is 0. The Hall–Kier alpha value is 0.420. The zero-order valence-electron chi connectivity index (χ0n) is 9.18. The second kappa shape index (κ2) is 6.89. The maximum atomic E-state index is 11.7. The van der Waals surface area contributed by atoms with E-state index < -0.39 is 6.80 Å². The topological polar surface area (TPSA) is 48.0 Å². The van der Waals surface area contributed by atoms with E-state index in [-0.39, 0.29) is 0 Å². The summed E-state index contributed by atoms with van der Waals surface area (Å²) in [5, 5.41) is 0. The molecule has 0 bridgehead atoms. The summed E-state index contributed by atoms with van der Waals surface area (Å²) in [5.41, 5.74) is 0. The lowest BCUT2D eigenvalue weighted by molar-refractivity contribution is 0.0410. The number of morpholine rings is 1. The Morgan fingerprint density at radius 1 is 1.33 bits per heavy atom. The summed E-state index contributed by atoms with van der Waals surface area (Å²) in [4.78, 5) is 2.28. The van der Waals surface area contributed by atoms with Gasteiger partial charge in [0.1, 0.15) is 0 Å². The van der Waals surface area contributed by atoms with Crippen LogP contribution < -0.4 is 0 Å². The van der Waals surface area contributed by atoms with E-state index in [0.717, 1.165) is 38.6 Å². The normalized spacial score (nSPS) is 19.3. The first-order valence-corrected chi connectivity index (χ1v) is 7.99. The molecule has 1 heterocycles. The van der Waals surface area contributed by atoms with Crippen molar-refractivity contribution in [2.45, 2.75) is 0 Å². The lowest BCUT2D eigenvalue weighted by atomic mass is 10.4. The van der Waals surface area contributed by atoms with Crippen LogP contribution in [0.4, 0.5) is 0 Å². The van der Waals surface area contributed by atoms with Crippen molar-refractivity contribution in [2.24, 2.45) is 0 Å². The maximum Gasteiger partial charge on any atom is 0.388 e. The van der Waals surface area contributed by atoms with E-state index >= 15 is 0 Å². The molecule has 15 heavy (non-hydrogen) atoms. The largest absolute Gasteiger partial charge is 0.388 e. The first kappa shape index (κ1) is 13.5. The third-order valence-electron chi connectivity index (χ3n) is 2.21. The molecule has 0 N–H and O–H groups in total. The van der Waals surface area contributed by atoms with Gasteiger partial charge < -0.3 is 13.8 Å². The Bertz CT molecular complexity index is 215. The fourth-order valence-corrected chi connectivity index (χ4v) is 3.76. The van der Waals surface area contributed by atoms with Crippen LogP contribution in [0.15, 0.2) is 0 Å². The standard InChI is InChI=1S/C8H18NO4PS/c1-11-14(10,12-2)15-8-5-9-3-6-13-7-4-9/h3-8H2,1-2H3. The van der Waals surface area contributed by atoms with Gasteiger partial charge in [-0.25, -0.2) is 4.57 Å². The van der Waals surface area contributed by atoms with E-state index in [0.29, 0.717) is 0 Å². The van der Waals surface area contributed by atoms with Gasteiger partial charge in [-0.2, -0.15) is 0 Å². The molecule has 0 aliphatic carbocycles. The van der Waals surface area contributed by atoms with Crippen LogP contribution in [0.5, 0.6) is 0 Å². The molecule has 0 atom stereocenters. The van der Waals surface area contributed by atoms with Crippen LogP contribution in [-0.2, 0) is 18.3 Å². The Kier molecular flexibility index (Phi) is 6.19. The zero-order chi connectivity index (χ0) is 11.1. The minimum atomic E-state index is -2.89. The van der Waals surface area contributed by atoms with E-state index in [1.807, 2.05) is 0 Å². The lowest BCUT2D eigenvalue weighted by Crippen LogP contribution is -2.37. The number of nitrogens with zero attached hydrogens (tertiary/aromatic N) is 1. The Balaban J connectivity index is 2.16. The van der Waals surface area contributed by atoms with Crippen LogP contribution in [0, 0.1) is 0 Å². The quantitative estimate of drug-likeness (QED) is 0.670. The van der Waals surface area contributed by atoms with Crippen LogP contribution in [0.2, 0.25) is 0 Å². The lowest BCUT2D eigenvalue weighted by Gasteiger charge is -2.26. The fraction of sp³-hybridized carbons (Fsp3) is 1.00. The van der Waals surface area contributed by atoms with E-state index in [2.05, 4.69) is 4.90 Å². The van der Waals surface area contributed by atoms with Crippen molar-refractivity contribution in [2.75, 3.05) is 52.8 Å². The van der Waals surface area contributed by atoms with E-state index in [1.54, 1.807) is 0 Å². The second-order valence-electron chi connectivity index (χ2n) is 3.10. The summed E-state index contributed by atoms with van der Waals surface area (Å²) in [5.74, 6) is 0.749. The minimum Gasteiger partial charge on any atom is -0.379 e. The molecule has 0 aromatic heterocycles. The first-order valence-electron chi connectivity index (χ1n) is 4.86. The summed E-state index contributed by atoms with van der Waals surface area (Å²) in [7, 11) is 2.82. The molecule has 0 aromatic rings. The van der Waals surface area contributed by atoms with Crippen LogP contribution >= 0.6 is 18.2 Å². The van der Waals surface area contributed by atoms with Gasteiger partial charge in [0.05, 0.1) is 13.2 Å². The van der Waals surface area contributed by atoms with Gasteiger partial charge in [-0.3, -0.25) is 4.90 Å². The molecular formula is C8H18NO4PS. The molecule has 1 saturated heterocycles. The second-order valence-corrected chi connectivity index (χ2v) is 7.51. The van der Waals surface area contributed by atoms with Crippen molar-refractivity contribution >= 4 is 18.2 Å². The Morgan fingerprint density at radius 3 is 2.47 bits per heavy atom. The van der Waals surface area contributed by atoms with Crippen LogP contribution in [0.25, 0.3) is 0 Å². The molecule has 1 fully saturated rings. The predicted molar refractivity (Wildman–Crippen MR) is 61.3 cm³/mol. The number of hydrogen-bond acceptors (Lipinski definition) is 6. The molecule has 7 heteroatoms. The van der Waals surface area contributed by atoms with Crippen molar-refractivity contribution in [1.82, 2.24) is 4.90 Å². The van der Waals surface area contributed by atoms with Crippen LogP contribution in [-0.4, -0.2) is 57.7 Å². The highest BCUT2D eigenvalue weighted by Gasteiger charge is 2.22. The molecule has 0 amide bonds. The van der Waals surface area contributed by atoms with Crippen molar-refractivity contribution < 1.29 is 18.3 Å².